The van der Waals surface area contributed by atoms with Crippen LogP contribution in [-0.4, -0.2) is 22.5 Å². The Bertz CT molecular complexity index is 141. The van der Waals surface area contributed by atoms with Gasteiger partial charge in [-0.25, -0.2) is 0 Å². The zero-order chi connectivity index (χ0) is 11.4. The van der Waals surface area contributed by atoms with Crippen molar-refractivity contribution in [3.8, 4) is 0 Å². The van der Waals surface area contributed by atoms with Crippen molar-refractivity contribution in [3.63, 3.8) is 0 Å². The fraction of sp³-hybridized carbons (Fsp3) is 1.00. The Hall–Kier alpha value is -0.0400. The van der Waals surface area contributed by atoms with E-state index in [4.69, 9.17) is 0 Å². The van der Waals surface area contributed by atoms with Crippen molar-refractivity contribution in [1.82, 2.24) is 4.90 Å². The van der Waals surface area contributed by atoms with Gasteiger partial charge >= 0.3 is 0 Å². The summed E-state index contributed by atoms with van der Waals surface area (Å²) in [7, 11) is 0. The standard InChI is InChI=1S/C13H29N/c1-8-11(4)14(12(5)9-2)13(6,7)10-3/h11-12H,8-10H2,1-7H3. The van der Waals surface area contributed by atoms with Crippen LogP contribution in [0.1, 0.15) is 67.7 Å². The predicted octanol–water partition coefficient (Wildman–Crippen LogP) is 4.07. The first-order chi connectivity index (χ1) is 6.40. The van der Waals surface area contributed by atoms with E-state index in [1.54, 1.807) is 0 Å². The monoisotopic (exact) mass is 199 g/mol. The highest BCUT2D eigenvalue weighted by atomic mass is 15.2. The first-order valence-electron chi connectivity index (χ1n) is 6.19. The van der Waals surface area contributed by atoms with E-state index in [2.05, 4.69) is 53.4 Å². The van der Waals surface area contributed by atoms with Crippen molar-refractivity contribution >= 4 is 0 Å². The third-order valence-electron chi connectivity index (χ3n) is 3.70. The number of nitrogens with zero attached hydrogens (tertiary/aromatic N) is 1. The van der Waals surface area contributed by atoms with Crippen molar-refractivity contribution in [2.45, 2.75) is 85.4 Å². The van der Waals surface area contributed by atoms with E-state index in [9.17, 15) is 0 Å². The van der Waals surface area contributed by atoms with Gasteiger partial charge in [0, 0.05) is 17.6 Å². The maximum atomic E-state index is 2.69. The second kappa shape index (κ2) is 5.75. The molecule has 0 heterocycles. The molecule has 2 atom stereocenters. The van der Waals surface area contributed by atoms with E-state index in [1.165, 1.54) is 19.3 Å². The van der Waals surface area contributed by atoms with Crippen LogP contribution in [0.2, 0.25) is 0 Å². The lowest BCUT2D eigenvalue weighted by Crippen LogP contribution is -2.52. The maximum absolute atomic E-state index is 2.69. The lowest BCUT2D eigenvalue weighted by molar-refractivity contribution is 0.0301. The van der Waals surface area contributed by atoms with Crippen LogP contribution in [0.4, 0.5) is 0 Å². The topological polar surface area (TPSA) is 3.24 Å². The molecule has 0 aliphatic heterocycles. The van der Waals surface area contributed by atoms with Gasteiger partial charge in [-0.1, -0.05) is 20.8 Å². The van der Waals surface area contributed by atoms with Gasteiger partial charge in [0.1, 0.15) is 0 Å². The largest absolute Gasteiger partial charge is 0.293 e. The Morgan fingerprint density at radius 2 is 1.29 bits per heavy atom. The van der Waals surface area contributed by atoms with Crippen LogP contribution in [0, 0.1) is 0 Å². The highest BCUT2D eigenvalue weighted by Crippen LogP contribution is 2.26. The molecule has 0 radical (unpaired) electrons. The van der Waals surface area contributed by atoms with Gasteiger partial charge in [0.25, 0.3) is 0 Å². The highest BCUT2D eigenvalue weighted by Gasteiger charge is 2.31. The summed E-state index contributed by atoms with van der Waals surface area (Å²) >= 11 is 0. The molecule has 0 saturated heterocycles. The molecule has 0 aliphatic rings. The minimum Gasteiger partial charge on any atom is -0.293 e. The van der Waals surface area contributed by atoms with Crippen LogP contribution in [0.3, 0.4) is 0 Å². The maximum Gasteiger partial charge on any atom is 0.0156 e. The highest BCUT2D eigenvalue weighted by molar-refractivity contribution is 4.86. The summed E-state index contributed by atoms with van der Waals surface area (Å²) < 4.78 is 0. The Balaban J connectivity index is 4.71. The molecule has 0 saturated carbocycles. The normalized spacial score (nSPS) is 17.1. The number of hydrogen-bond donors (Lipinski definition) is 0. The summed E-state index contributed by atoms with van der Waals surface area (Å²) in [6.07, 6.45) is 3.71. The molecule has 0 spiro atoms. The van der Waals surface area contributed by atoms with Crippen molar-refractivity contribution in [1.29, 1.82) is 0 Å². The molecule has 0 aliphatic carbocycles. The van der Waals surface area contributed by atoms with Crippen LogP contribution in [0.15, 0.2) is 0 Å². The molecule has 0 rings (SSSR count). The van der Waals surface area contributed by atoms with Gasteiger partial charge in [-0.3, -0.25) is 4.90 Å². The molecular weight excluding hydrogens is 170 g/mol. The Morgan fingerprint density at radius 3 is 1.50 bits per heavy atom. The second-order valence-corrected chi connectivity index (χ2v) is 5.09. The zero-order valence-corrected chi connectivity index (χ0v) is 11.2. The Morgan fingerprint density at radius 1 is 0.929 bits per heavy atom. The molecule has 0 N–H and O–H groups in total. The molecule has 0 aromatic rings. The van der Waals surface area contributed by atoms with Gasteiger partial charge in [-0.2, -0.15) is 0 Å². The third kappa shape index (κ3) is 3.27. The molecule has 0 bridgehead atoms. The summed E-state index contributed by atoms with van der Waals surface area (Å²) in [4.78, 5) is 2.69. The number of hydrogen-bond acceptors (Lipinski definition) is 1. The molecular formula is C13H29N. The van der Waals surface area contributed by atoms with E-state index < -0.39 is 0 Å². The first-order valence-corrected chi connectivity index (χ1v) is 6.19. The smallest absolute Gasteiger partial charge is 0.0156 e. The average Bonchev–Trinajstić information content (AvgIpc) is 2.17. The van der Waals surface area contributed by atoms with Gasteiger partial charge in [0.2, 0.25) is 0 Å². The van der Waals surface area contributed by atoms with Crippen LogP contribution in [-0.2, 0) is 0 Å². The molecule has 1 nitrogen and oxygen atoms in total. The average molecular weight is 199 g/mol. The van der Waals surface area contributed by atoms with Crippen molar-refractivity contribution in [2.24, 2.45) is 0 Å². The molecule has 0 aromatic heterocycles. The second-order valence-electron chi connectivity index (χ2n) is 5.09. The van der Waals surface area contributed by atoms with Gasteiger partial charge in [0.15, 0.2) is 0 Å². The SMILES string of the molecule is CCC(C)N(C(C)CC)C(C)(C)CC. The zero-order valence-electron chi connectivity index (χ0n) is 11.2. The van der Waals surface area contributed by atoms with Gasteiger partial charge < -0.3 is 0 Å². The minimum atomic E-state index is 0.338. The van der Waals surface area contributed by atoms with E-state index in [0.29, 0.717) is 17.6 Å². The molecule has 86 valence electrons. The van der Waals surface area contributed by atoms with Crippen LogP contribution in [0.25, 0.3) is 0 Å². The van der Waals surface area contributed by atoms with Crippen molar-refractivity contribution < 1.29 is 0 Å². The quantitative estimate of drug-likeness (QED) is 0.623. The van der Waals surface area contributed by atoms with E-state index in [0.717, 1.165) is 0 Å². The van der Waals surface area contributed by atoms with E-state index in [-0.39, 0.29) is 0 Å². The Kier molecular flexibility index (Phi) is 5.73. The van der Waals surface area contributed by atoms with Crippen LogP contribution < -0.4 is 0 Å². The first kappa shape index (κ1) is 14.0. The van der Waals surface area contributed by atoms with Crippen LogP contribution >= 0.6 is 0 Å². The molecule has 0 fully saturated rings. The predicted molar refractivity (Wildman–Crippen MR) is 65.7 cm³/mol. The molecule has 0 aromatic carbocycles. The summed E-state index contributed by atoms with van der Waals surface area (Å²) in [5, 5.41) is 0. The van der Waals surface area contributed by atoms with Crippen molar-refractivity contribution in [3.05, 3.63) is 0 Å². The summed E-state index contributed by atoms with van der Waals surface area (Å²) in [5.41, 5.74) is 0.338. The van der Waals surface area contributed by atoms with Gasteiger partial charge in [0.05, 0.1) is 0 Å². The van der Waals surface area contributed by atoms with Crippen molar-refractivity contribution in [2.75, 3.05) is 0 Å². The summed E-state index contributed by atoms with van der Waals surface area (Å²) in [5.74, 6) is 0. The van der Waals surface area contributed by atoms with Crippen LogP contribution in [0.5, 0.6) is 0 Å². The number of rotatable bonds is 6. The van der Waals surface area contributed by atoms with E-state index in [1.807, 2.05) is 0 Å². The van der Waals surface area contributed by atoms with Gasteiger partial charge in [-0.05, 0) is 47.0 Å². The summed E-state index contributed by atoms with van der Waals surface area (Å²) in [6, 6.07) is 1.39. The molecule has 0 amide bonds. The fourth-order valence-corrected chi connectivity index (χ4v) is 2.20. The summed E-state index contributed by atoms with van der Waals surface area (Å²) in [6.45, 7) is 16.3. The Labute approximate surface area is 90.9 Å². The van der Waals surface area contributed by atoms with E-state index >= 15 is 0 Å². The lowest BCUT2D eigenvalue weighted by atomic mass is 9.93. The third-order valence-corrected chi connectivity index (χ3v) is 3.70. The lowest BCUT2D eigenvalue weighted by Gasteiger charge is -2.46. The fourth-order valence-electron chi connectivity index (χ4n) is 2.20. The molecule has 14 heavy (non-hydrogen) atoms. The van der Waals surface area contributed by atoms with Gasteiger partial charge in [-0.15, -0.1) is 0 Å². The molecule has 1 heteroatoms. The molecule has 2 unspecified atom stereocenters. The minimum absolute atomic E-state index is 0.338.